The fourth-order valence-corrected chi connectivity index (χ4v) is 8.02. The van der Waals surface area contributed by atoms with E-state index in [1.807, 2.05) is 36.4 Å². The number of fused-ring (bicyclic) bond motifs is 6. The van der Waals surface area contributed by atoms with Gasteiger partial charge >= 0.3 is 0 Å². The Morgan fingerprint density at radius 3 is 1.69 bits per heavy atom. The summed E-state index contributed by atoms with van der Waals surface area (Å²) in [6, 6.07) is 60.1. The molecule has 0 unspecified atom stereocenters. The van der Waals surface area contributed by atoms with Crippen LogP contribution in [0, 0.1) is 0 Å². The van der Waals surface area contributed by atoms with E-state index in [1.165, 1.54) is 49.6 Å². The van der Waals surface area contributed by atoms with Crippen LogP contribution in [0.25, 0.3) is 83.9 Å². The Morgan fingerprint density at radius 1 is 0.385 bits per heavy atom. The molecule has 0 amide bonds. The third-order valence-electron chi connectivity index (χ3n) is 10.7. The van der Waals surface area contributed by atoms with E-state index in [0.29, 0.717) is 17.5 Å². The first-order valence-corrected chi connectivity index (χ1v) is 17.8. The van der Waals surface area contributed by atoms with Crippen LogP contribution in [-0.2, 0) is 5.41 Å². The summed E-state index contributed by atoms with van der Waals surface area (Å²) < 4.78 is 2.40. The van der Waals surface area contributed by atoms with Gasteiger partial charge in [0.05, 0.1) is 11.0 Å². The van der Waals surface area contributed by atoms with E-state index in [0.717, 1.165) is 27.9 Å². The van der Waals surface area contributed by atoms with E-state index >= 15 is 0 Å². The predicted molar refractivity (Wildman–Crippen MR) is 213 cm³/mol. The zero-order chi connectivity index (χ0) is 34.8. The molecule has 0 atom stereocenters. The van der Waals surface area contributed by atoms with Crippen molar-refractivity contribution in [2.24, 2.45) is 0 Å². The molecule has 7 aromatic carbocycles. The van der Waals surface area contributed by atoms with Gasteiger partial charge in [-0.3, -0.25) is 0 Å². The molecule has 0 spiro atoms. The van der Waals surface area contributed by atoms with Crippen LogP contribution in [0.4, 0.5) is 0 Å². The van der Waals surface area contributed by atoms with Crippen LogP contribution in [0.1, 0.15) is 25.0 Å². The number of benzene rings is 7. The molecular weight excluding hydrogens is 633 g/mol. The van der Waals surface area contributed by atoms with Crippen molar-refractivity contribution in [2.45, 2.75) is 19.3 Å². The largest absolute Gasteiger partial charge is 0.309 e. The smallest absolute Gasteiger partial charge is 0.164 e. The number of para-hydroxylation sites is 1. The summed E-state index contributed by atoms with van der Waals surface area (Å²) in [6.45, 7) is 4.68. The zero-order valence-corrected chi connectivity index (χ0v) is 29.0. The zero-order valence-electron chi connectivity index (χ0n) is 29.0. The monoisotopic (exact) mass is 666 g/mol. The topological polar surface area (TPSA) is 43.6 Å². The van der Waals surface area contributed by atoms with Crippen LogP contribution in [0.2, 0.25) is 0 Å². The lowest BCUT2D eigenvalue weighted by Gasteiger charge is -2.21. The third kappa shape index (κ3) is 4.79. The summed E-state index contributed by atoms with van der Waals surface area (Å²) in [6.07, 6.45) is 0. The molecule has 1 aliphatic carbocycles. The minimum Gasteiger partial charge on any atom is -0.309 e. The van der Waals surface area contributed by atoms with Crippen LogP contribution in [0.3, 0.4) is 0 Å². The number of rotatable bonds is 5. The number of aromatic nitrogens is 4. The van der Waals surface area contributed by atoms with Crippen molar-refractivity contribution in [2.75, 3.05) is 0 Å². The standard InChI is InChI=1S/C48H34N4/c1-48(2)41-22-11-9-20-37(41)39-29-40-38-21-10-12-23-43(38)52(44(40)30-42(39)48)36-19-13-18-35(28-36)47-50-45(33-16-7-4-8-17-33)49-46(51-47)34-26-24-32(25-27-34)31-14-5-3-6-15-31/h3-30H,1-2H3. The lowest BCUT2D eigenvalue weighted by Crippen LogP contribution is -2.14. The highest BCUT2D eigenvalue weighted by atomic mass is 15.0. The molecule has 0 saturated heterocycles. The van der Waals surface area contributed by atoms with Crippen molar-refractivity contribution < 1.29 is 0 Å². The van der Waals surface area contributed by atoms with Crippen LogP contribution >= 0.6 is 0 Å². The quantitative estimate of drug-likeness (QED) is 0.184. The predicted octanol–water partition coefficient (Wildman–Crippen LogP) is 11.9. The molecule has 2 heterocycles. The SMILES string of the molecule is CC1(C)c2ccccc2-c2cc3c4ccccc4n(-c4cccc(-c5nc(-c6ccccc6)nc(-c6ccc(-c7ccccc7)cc6)n5)c4)c3cc21. The highest BCUT2D eigenvalue weighted by molar-refractivity contribution is 6.11. The van der Waals surface area contributed by atoms with Crippen molar-refractivity contribution >= 4 is 21.8 Å². The highest BCUT2D eigenvalue weighted by Crippen LogP contribution is 2.51. The molecule has 0 aliphatic heterocycles. The number of hydrogen-bond donors (Lipinski definition) is 0. The molecule has 0 N–H and O–H groups in total. The molecular formula is C48H34N4. The molecule has 10 rings (SSSR count). The van der Waals surface area contributed by atoms with Gasteiger partial charge in [-0.1, -0.05) is 153 Å². The maximum absolute atomic E-state index is 5.11. The summed E-state index contributed by atoms with van der Waals surface area (Å²) in [7, 11) is 0. The third-order valence-corrected chi connectivity index (χ3v) is 10.7. The second-order valence-electron chi connectivity index (χ2n) is 14.1. The molecule has 2 aromatic heterocycles. The number of hydrogen-bond acceptors (Lipinski definition) is 3. The Balaban J connectivity index is 1.14. The molecule has 0 radical (unpaired) electrons. The Labute approximate surface area is 302 Å². The fourth-order valence-electron chi connectivity index (χ4n) is 8.02. The molecule has 0 bridgehead atoms. The van der Waals surface area contributed by atoms with E-state index < -0.39 is 0 Å². The van der Waals surface area contributed by atoms with Crippen LogP contribution < -0.4 is 0 Å². The Kier molecular flexibility index (Phi) is 6.80. The van der Waals surface area contributed by atoms with Crippen molar-refractivity contribution in [3.63, 3.8) is 0 Å². The van der Waals surface area contributed by atoms with Crippen molar-refractivity contribution in [3.05, 3.63) is 181 Å². The molecule has 9 aromatic rings. The van der Waals surface area contributed by atoms with E-state index in [-0.39, 0.29) is 5.41 Å². The van der Waals surface area contributed by atoms with Gasteiger partial charge in [0.25, 0.3) is 0 Å². The minimum atomic E-state index is -0.0995. The Hall–Kier alpha value is -6.65. The maximum atomic E-state index is 5.11. The lowest BCUT2D eigenvalue weighted by atomic mass is 9.82. The van der Waals surface area contributed by atoms with Gasteiger partial charge in [-0.2, -0.15) is 0 Å². The average molecular weight is 667 g/mol. The summed E-state index contributed by atoms with van der Waals surface area (Å²) in [5, 5.41) is 2.49. The van der Waals surface area contributed by atoms with Gasteiger partial charge in [-0.15, -0.1) is 0 Å². The molecule has 4 heteroatoms. The maximum Gasteiger partial charge on any atom is 0.164 e. The van der Waals surface area contributed by atoms with Crippen molar-refractivity contribution in [3.8, 4) is 62.1 Å². The molecule has 0 fully saturated rings. The lowest BCUT2D eigenvalue weighted by molar-refractivity contribution is 0.661. The van der Waals surface area contributed by atoms with E-state index in [1.54, 1.807) is 0 Å². The molecule has 246 valence electrons. The van der Waals surface area contributed by atoms with E-state index in [2.05, 4.69) is 152 Å². The van der Waals surface area contributed by atoms with Crippen molar-refractivity contribution in [1.82, 2.24) is 19.5 Å². The molecule has 0 saturated carbocycles. The summed E-state index contributed by atoms with van der Waals surface area (Å²) in [4.78, 5) is 15.2. The molecule has 1 aliphatic rings. The van der Waals surface area contributed by atoms with Gasteiger partial charge in [-0.05, 0) is 63.7 Å². The second-order valence-corrected chi connectivity index (χ2v) is 14.1. The van der Waals surface area contributed by atoms with Crippen LogP contribution in [-0.4, -0.2) is 19.5 Å². The van der Waals surface area contributed by atoms with Gasteiger partial charge in [0, 0.05) is 38.6 Å². The first-order valence-electron chi connectivity index (χ1n) is 17.8. The van der Waals surface area contributed by atoms with Gasteiger partial charge in [0.2, 0.25) is 0 Å². The highest BCUT2D eigenvalue weighted by Gasteiger charge is 2.36. The summed E-state index contributed by atoms with van der Waals surface area (Å²) in [5.74, 6) is 1.92. The normalized spacial score (nSPS) is 13.0. The van der Waals surface area contributed by atoms with Crippen LogP contribution in [0.15, 0.2) is 170 Å². The second kappa shape index (κ2) is 11.7. The van der Waals surface area contributed by atoms with Gasteiger partial charge in [-0.25, -0.2) is 15.0 Å². The average Bonchev–Trinajstić information content (AvgIpc) is 3.65. The minimum absolute atomic E-state index is 0.0995. The van der Waals surface area contributed by atoms with Crippen LogP contribution in [0.5, 0.6) is 0 Å². The van der Waals surface area contributed by atoms with E-state index in [4.69, 9.17) is 15.0 Å². The molecule has 4 nitrogen and oxygen atoms in total. The van der Waals surface area contributed by atoms with E-state index in [9.17, 15) is 0 Å². The Bertz CT molecular complexity index is 2800. The summed E-state index contributed by atoms with van der Waals surface area (Å²) >= 11 is 0. The van der Waals surface area contributed by atoms with Gasteiger partial charge in [0.1, 0.15) is 0 Å². The summed E-state index contributed by atoms with van der Waals surface area (Å²) in [5.41, 5.74) is 13.9. The van der Waals surface area contributed by atoms with Crippen molar-refractivity contribution in [1.29, 1.82) is 0 Å². The first kappa shape index (κ1) is 30.2. The van der Waals surface area contributed by atoms with Gasteiger partial charge < -0.3 is 4.57 Å². The fraction of sp³-hybridized carbons (Fsp3) is 0.0625. The van der Waals surface area contributed by atoms with Gasteiger partial charge in [0.15, 0.2) is 17.5 Å². The number of nitrogens with zero attached hydrogens (tertiary/aromatic N) is 4. The Morgan fingerprint density at radius 2 is 0.942 bits per heavy atom. The molecule has 52 heavy (non-hydrogen) atoms. The first-order chi connectivity index (χ1) is 25.5.